The quantitative estimate of drug-likeness (QED) is 0.663. The molecule has 1 N–H and O–H groups in total. The summed E-state index contributed by atoms with van der Waals surface area (Å²) in [6, 6.07) is 12.1. The Morgan fingerprint density at radius 3 is 2.50 bits per heavy atom. The molecule has 0 aliphatic carbocycles. The van der Waals surface area contributed by atoms with Crippen LogP contribution >= 0.6 is 0 Å². The summed E-state index contributed by atoms with van der Waals surface area (Å²) in [7, 11) is 2.12. The van der Waals surface area contributed by atoms with Gasteiger partial charge in [0.2, 0.25) is 0 Å². The van der Waals surface area contributed by atoms with E-state index in [9.17, 15) is 8.78 Å². The van der Waals surface area contributed by atoms with Crippen LogP contribution < -0.4 is 15.0 Å². The molecule has 7 nitrogen and oxygen atoms in total. The lowest BCUT2D eigenvalue weighted by atomic mass is 10.1. The number of hydrogen-bond donors (Lipinski definition) is 1. The van der Waals surface area contributed by atoms with Crippen molar-refractivity contribution in [1.82, 2.24) is 20.1 Å². The zero-order chi connectivity index (χ0) is 20.9. The Labute approximate surface area is 173 Å². The molecule has 30 heavy (non-hydrogen) atoms. The number of ether oxygens (including phenoxy) is 1. The fourth-order valence-electron chi connectivity index (χ4n) is 3.27. The highest BCUT2D eigenvalue weighted by atomic mass is 19.3. The first-order chi connectivity index (χ1) is 14.6. The van der Waals surface area contributed by atoms with Crippen LogP contribution in [0.1, 0.15) is 0 Å². The van der Waals surface area contributed by atoms with E-state index in [1.165, 1.54) is 12.1 Å². The molecule has 0 amide bonds. The van der Waals surface area contributed by atoms with E-state index in [1.54, 1.807) is 24.5 Å². The normalized spacial score (nSPS) is 14.7. The summed E-state index contributed by atoms with van der Waals surface area (Å²) in [5.74, 6) is 1.62. The van der Waals surface area contributed by atoms with Crippen LogP contribution in [0.25, 0.3) is 11.1 Å². The number of benzene rings is 1. The lowest BCUT2D eigenvalue weighted by Crippen LogP contribution is -2.44. The number of halogens is 2. The lowest BCUT2D eigenvalue weighted by molar-refractivity contribution is -0.0498. The third-order valence-corrected chi connectivity index (χ3v) is 4.91. The standard InChI is InChI=1S/C21H22F2N6O/c1-28-8-10-29(11-9-28)20-13-17(6-7-24-20)26-19-12-16(14-25-27-19)15-2-4-18(5-3-15)30-21(22)23/h2-7,12-14,21H,8-11H2,1H3,(H,24,26,27). The van der Waals surface area contributed by atoms with E-state index < -0.39 is 6.61 Å². The molecular formula is C21H22F2N6O. The van der Waals surface area contributed by atoms with Gasteiger partial charge in [-0.05, 0) is 36.9 Å². The van der Waals surface area contributed by atoms with Gasteiger partial charge in [-0.25, -0.2) is 4.98 Å². The summed E-state index contributed by atoms with van der Waals surface area (Å²) >= 11 is 0. The number of rotatable bonds is 6. The predicted octanol–water partition coefficient (Wildman–Crippen LogP) is 3.64. The summed E-state index contributed by atoms with van der Waals surface area (Å²) in [6.45, 7) is 1.05. The first kappa shape index (κ1) is 20.0. The first-order valence-electron chi connectivity index (χ1n) is 9.61. The molecule has 0 saturated carbocycles. The van der Waals surface area contributed by atoms with Gasteiger partial charge in [0.05, 0.1) is 6.20 Å². The Morgan fingerprint density at radius 2 is 1.77 bits per heavy atom. The van der Waals surface area contributed by atoms with Crippen LogP contribution in [0, 0.1) is 0 Å². The highest BCUT2D eigenvalue weighted by Gasteiger charge is 2.15. The van der Waals surface area contributed by atoms with E-state index in [-0.39, 0.29) is 5.75 Å². The van der Waals surface area contributed by atoms with Crippen LogP contribution in [0.3, 0.4) is 0 Å². The van der Waals surface area contributed by atoms with Crippen LogP contribution in [0.5, 0.6) is 5.75 Å². The van der Waals surface area contributed by atoms with Gasteiger partial charge in [0.25, 0.3) is 0 Å². The Morgan fingerprint density at radius 1 is 1.00 bits per heavy atom. The molecule has 0 spiro atoms. The van der Waals surface area contributed by atoms with Crippen molar-refractivity contribution in [2.45, 2.75) is 6.61 Å². The highest BCUT2D eigenvalue weighted by molar-refractivity contribution is 5.68. The number of likely N-dealkylation sites (N-methyl/N-ethyl adjacent to an activating group) is 1. The average molecular weight is 412 g/mol. The Balaban J connectivity index is 1.47. The molecule has 0 atom stereocenters. The summed E-state index contributed by atoms with van der Waals surface area (Å²) in [5, 5.41) is 11.5. The minimum absolute atomic E-state index is 0.113. The van der Waals surface area contributed by atoms with Crippen molar-refractivity contribution >= 4 is 17.3 Å². The van der Waals surface area contributed by atoms with Gasteiger partial charge in [-0.15, -0.1) is 5.10 Å². The van der Waals surface area contributed by atoms with Crippen molar-refractivity contribution in [1.29, 1.82) is 0 Å². The van der Waals surface area contributed by atoms with Gasteiger partial charge in [0, 0.05) is 49.7 Å². The third kappa shape index (κ3) is 4.98. The third-order valence-electron chi connectivity index (χ3n) is 4.91. The highest BCUT2D eigenvalue weighted by Crippen LogP contribution is 2.26. The molecule has 4 rings (SSSR count). The first-order valence-corrected chi connectivity index (χ1v) is 9.61. The number of hydrogen-bond acceptors (Lipinski definition) is 7. The molecule has 1 fully saturated rings. The largest absolute Gasteiger partial charge is 0.435 e. The topological polar surface area (TPSA) is 66.4 Å². The maximum atomic E-state index is 12.3. The summed E-state index contributed by atoms with van der Waals surface area (Å²) in [4.78, 5) is 9.05. The van der Waals surface area contributed by atoms with Crippen LogP contribution in [0.2, 0.25) is 0 Å². The van der Waals surface area contributed by atoms with E-state index in [0.717, 1.165) is 48.8 Å². The molecule has 1 aliphatic rings. The van der Waals surface area contributed by atoms with Gasteiger partial charge < -0.3 is 19.9 Å². The number of anilines is 3. The van der Waals surface area contributed by atoms with Crippen molar-refractivity contribution in [2.75, 3.05) is 43.4 Å². The van der Waals surface area contributed by atoms with E-state index in [2.05, 4.69) is 42.1 Å². The Hall–Kier alpha value is -3.33. The van der Waals surface area contributed by atoms with Crippen molar-refractivity contribution in [3.8, 4) is 16.9 Å². The number of aromatic nitrogens is 3. The number of nitrogens with one attached hydrogen (secondary N) is 1. The fourth-order valence-corrected chi connectivity index (χ4v) is 3.27. The van der Waals surface area contributed by atoms with Crippen LogP contribution in [0.15, 0.2) is 54.9 Å². The molecule has 1 saturated heterocycles. The molecule has 9 heteroatoms. The Kier molecular flexibility index (Phi) is 5.99. The van der Waals surface area contributed by atoms with Crippen LogP contribution in [-0.4, -0.2) is 59.9 Å². The minimum atomic E-state index is -2.84. The summed E-state index contributed by atoms with van der Waals surface area (Å²) in [6.07, 6.45) is 3.39. The van der Waals surface area contributed by atoms with Gasteiger partial charge in [0.1, 0.15) is 11.6 Å². The van der Waals surface area contributed by atoms with Crippen molar-refractivity contribution < 1.29 is 13.5 Å². The number of pyridine rings is 1. The minimum Gasteiger partial charge on any atom is -0.435 e. The van der Waals surface area contributed by atoms with Crippen LogP contribution in [-0.2, 0) is 0 Å². The molecule has 2 aromatic heterocycles. The fraction of sp³-hybridized carbons (Fsp3) is 0.286. The average Bonchev–Trinajstić information content (AvgIpc) is 2.75. The monoisotopic (exact) mass is 412 g/mol. The van der Waals surface area contributed by atoms with Gasteiger partial charge in [-0.1, -0.05) is 12.1 Å². The van der Waals surface area contributed by atoms with Crippen molar-refractivity contribution in [3.63, 3.8) is 0 Å². The van der Waals surface area contributed by atoms with Gasteiger partial charge in [-0.2, -0.15) is 13.9 Å². The Bertz CT molecular complexity index is 977. The molecule has 0 radical (unpaired) electrons. The molecule has 3 aromatic rings. The second-order valence-corrected chi connectivity index (χ2v) is 7.05. The van der Waals surface area contributed by atoms with Crippen molar-refractivity contribution in [3.05, 3.63) is 54.9 Å². The number of alkyl halides is 2. The maximum Gasteiger partial charge on any atom is 0.387 e. The summed E-state index contributed by atoms with van der Waals surface area (Å²) < 4.78 is 29.0. The van der Waals surface area contributed by atoms with Crippen LogP contribution in [0.4, 0.5) is 26.1 Å². The molecule has 156 valence electrons. The van der Waals surface area contributed by atoms with Gasteiger partial charge in [0.15, 0.2) is 5.82 Å². The molecule has 0 bridgehead atoms. The second kappa shape index (κ2) is 9.00. The van der Waals surface area contributed by atoms with E-state index in [0.29, 0.717) is 5.82 Å². The van der Waals surface area contributed by atoms with Gasteiger partial charge >= 0.3 is 6.61 Å². The second-order valence-electron chi connectivity index (χ2n) is 7.05. The van der Waals surface area contributed by atoms with E-state index >= 15 is 0 Å². The smallest absolute Gasteiger partial charge is 0.387 e. The lowest BCUT2D eigenvalue weighted by Gasteiger charge is -2.33. The predicted molar refractivity (Wildman–Crippen MR) is 111 cm³/mol. The zero-order valence-corrected chi connectivity index (χ0v) is 16.5. The van der Waals surface area contributed by atoms with Gasteiger partial charge in [-0.3, -0.25) is 0 Å². The SMILES string of the molecule is CN1CCN(c2cc(Nc3cc(-c4ccc(OC(F)F)cc4)cnn3)ccn2)CC1. The summed E-state index contributed by atoms with van der Waals surface area (Å²) in [5.41, 5.74) is 2.50. The molecule has 3 heterocycles. The maximum absolute atomic E-state index is 12.3. The van der Waals surface area contributed by atoms with E-state index in [4.69, 9.17) is 0 Å². The molecular weight excluding hydrogens is 390 g/mol. The van der Waals surface area contributed by atoms with Crippen molar-refractivity contribution in [2.24, 2.45) is 0 Å². The number of piperazine rings is 1. The molecule has 0 unspecified atom stereocenters. The van der Waals surface area contributed by atoms with E-state index in [1.807, 2.05) is 18.2 Å². The molecule has 1 aromatic carbocycles. The molecule has 1 aliphatic heterocycles. The number of nitrogens with zero attached hydrogens (tertiary/aromatic N) is 5. The zero-order valence-electron chi connectivity index (χ0n) is 16.5.